The van der Waals surface area contributed by atoms with Crippen LogP contribution in [0.15, 0.2) is 35.7 Å². The number of rotatable bonds is 2. The van der Waals surface area contributed by atoms with Crippen molar-refractivity contribution in [3.8, 4) is 0 Å². The molecular weight excluding hydrogens is 240 g/mol. The molecule has 0 bridgehead atoms. The van der Waals surface area contributed by atoms with Crippen molar-refractivity contribution in [3.63, 3.8) is 0 Å². The molecule has 2 heteroatoms. The second-order valence-corrected chi connectivity index (χ2v) is 4.04. The molecule has 0 amide bonds. The minimum absolute atomic E-state index is 0.0836. The highest BCUT2D eigenvalue weighted by molar-refractivity contribution is 7.17. The smallest absolute Gasteiger partial charge is 0.152 e. The van der Waals surface area contributed by atoms with E-state index in [0.29, 0.717) is 0 Å². The lowest BCUT2D eigenvalue weighted by atomic mass is 10.1. The summed E-state index contributed by atoms with van der Waals surface area (Å²) in [5.41, 5.74) is 1.13. The minimum atomic E-state index is 0.0836. The van der Waals surface area contributed by atoms with Crippen LogP contribution in [0.2, 0.25) is 0 Å². The SMILES string of the molecule is CC.CC.CC(=O)/C=C/c1csc2ccccc12. The van der Waals surface area contributed by atoms with Crippen LogP contribution in [0.5, 0.6) is 0 Å². The Labute approximate surface area is 114 Å². The Balaban J connectivity index is 0.000000659. The van der Waals surface area contributed by atoms with Gasteiger partial charge in [0.2, 0.25) is 0 Å². The molecule has 1 heterocycles. The fraction of sp³-hybridized carbons (Fsp3) is 0.312. The van der Waals surface area contributed by atoms with E-state index in [4.69, 9.17) is 0 Å². The fourth-order valence-corrected chi connectivity index (χ4v) is 2.26. The van der Waals surface area contributed by atoms with Crippen LogP contribution in [0.4, 0.5) is 0 Å². The lowest BCUT2D eigenvalue weighted by Gasteiger charge is -1.89. The second-order valence-electron chi connectivity index (χ2n) is 3.13. The van der Waals surface area contributed by atoms with E-state index in [-0.39, 0.29) is 5.78 Å². The summed E-state index contributed by atoms with van der Waals surface area (Å²) < 4.78 is 1.26. The number of thiophene rings is 1. The van der Waals surface area contributed by atoms with Crippen molar-refractivity contribution in [2.45, 2.75) is 34.6 Å². The maximum absolute atomic E-state index is 10.8. The molecule has 2 aromatic rings. The predicted octanol–water partition coefficient (Wildman–Crippen LogP) is 5.56. The molecule has 98 valence electrons. The van der Waals surface area contributed by atoms with Gasteiger partial charge in [0.1, 0.15) is 0 Å². The van der Waals surface area contributed by atoms with Crippen LogP contribution < -0.4 is 0 Å². The molecule has 1 nitrogen and oxygen atoms in total. The third-order valence-electron chi connectivity index (χ3n) is 2.01. The van der Waals surface area contributed by atoms with E-state index < -0.39 is 0 Å². The van der Waals surface area contributed by atoms with Gasteiger partial charge in [-0.2, -0.15) is 0 Å². The molecule has 0 aliphatic heterocycles. The van der Waals surface area contributed by atoms with Gasteiger partial charge in [-0.3, -0.25) is 4.79 Å². The minimum Gasteiger partial charge on any atom is -0.295 e. The summed E-state index contributed by atoms with van der Waals surface area (Å²) in [4.78, 5) is 10.8. The Morgan fingerprint density at radius 1 is 1.11 bits per heavy atom. The zero-order chi connectivity index (χ0) is 14.0. The molecule has 0 unspecified atom stereocenters. The Bertz CT molecular complexity index is 495. The lowest BCUT2D eigenvalue weighted by Crippen LogP contribution is -1.78. The normalized spacial score (nSPS) is 9.39. The van der Waals surface area contributed by atoms with E-state index in [1.54, 1.807) is 24.3 Å². The van der Waals surface area contributed by atoms with Crippen LogP contribution in [0, 0.1) is 0 Å². The zero-order valence-corrected chi connectivity index (χ0v) is 12.7. The van der Waals surface area contributed by atoms with Gasteiger partial charge < -0.3 is 0 Å². The Morgan fingerprint density at radius 2 is 1.72 bits per heavy atom. The summed E-state index contributed by atoms with van der Waals surface area (Å²) in [5, 5.41) is 3.29. The summed E-state index contributed by atoms with van der Waals surface area (Å²) in [6, 6.07) is 8.20. The van der Waals surface area contributed by atoms with Gasteiger partial charge >= 0.3 is 0 Å². The number of hydrogen-bond acceptors (Lipinski definition) is 2. The third-order valence-corrected chi connectivity index (χ3v) is 2.99. The average molecular weight is 262 g/mol. The van der Waals surface area contributed by atoms with E-state index in [0.717, 1.165) is 5.56 Å². The van der Waals surface area contributed by atoms with Gasteiger partial charge in [0, 0.05) is 4.70 Å². The van der Waals surface area contributed by atoms with Gasteiger partial charge in [-0.25, -0.2) is 0 Å². The van der Waals surface area contributed by atoms with Crippen LogP contribution >= 0.6 is 11.3 Å². The summed E-state index contributed by atoms with van der Waals surface area (Å²) in [6.45, 7) is 9.56. The van der Waals surface area contributed by atoms with Crippen molar-refractivity contribution in [3.05, 3.63) is 41.3 Å². The van der Waals surface area contributed by atoms with Crippen LogP contribution in [0.25, 0.3) is 16.2 Å². The standard InChI is InChI=1S/C12H10OS.2C2H6/c1-9(13)6-7-10-8-14-12-5-3-2-4-11(10)12;2*1-2/h2-8H,1H3;2*1-2H3/b7-6+;;. The maximum Gasteiger partial charge on any atom is 0.152 e. The lowest BCUT2D eigenvalue weighted by molar-refractivity contribution is -0.112. The van der Waals surface area contributed by atoms with Gasteiger partial charge in [0.25, 0.3) is 0 Å². The largest absolute Gasteiger partial charge is 0.295 e. The van der Waals surface area contributed by atoms with E-state index in [2.05, 4.69) is 17.5 Å². The molecule has 0 atom stereocenters. The van der Waals surface area contributed by atoms with Crippen LogP contribution in [-0.4, -0.2) is 5.78 Å². The number of allylic oxidation sites excluding steroid dienone is 1. The van der Waals surface area contributed by atoms with E-state index in [1.165, 1.54) is 10.1 Å². The first-order valence-corrected chi connectivity index (χ1v) is 7.30. The first-order valence-electron chi connectivity index (χ1n) is 6.42. The summed E-state index contributed by atoms with van der Waals surface area (Å²) in [7, 11) is 0. The average Bonchev–Trinajstić information content (AvgIpc) is 2.84. The number of benzene rings is 1. The molecular formula is C16H22OS. The first kappa shape index (κ1) is 16.6. The Hall–Kier alpha value is -1.41. The van der Waals surface area contributed by atoms with Crippen molar-refractivity contribution >= 4 is 33.3 Å². The highest BCUT2D eigenvalue weighted by atomic mass is 32.1. The van der Waals surface area contributed by atoms with Crippen molar-refractivity contribution in [2.75, 3.05) is 0 Å². The molecule has 1 aromatic heterocycles. The van der Waals surface area contributed by atoms with Crippen molar-refractivity contribution in [2.24, 2.45) is 0 Å². The molecule has 0 N–H and O–H groups in total. The highest BCUT2D eigenvalue weighted by Gasteiger charge is 1.99. The fourth-order valence-electron chi connectivity index (χ4n) is 1.33. The third kappa shape index (κ3) is 4.84. The van der Waals surface area contributed by atoms with Crippen LogP contribution in [0.3, 0.4) is 0 Å². The summed E-state index contributed by atoms with van der Waals surface area (Å²) >= 11 is 1.70. The van der Waals surface area contributed by atoms with E-state index in [1.807, 2.05) is 45.9 Å². The molecule has 0 aliphatic carbocycles. The Kier molecular flexibility index (Phi) is 8.85. The van der Waals surface area contributed by atoms with Gasteiger partial charge in [0.15, 0.2) is 5.78 Å². The monoisotopic (exact) mass is 262 g/mol. The zero-order valence-electron chi connectivity index (χ0n) is 11.9. The summed E-state index contributed by atoms with van der Waals surface area (Å²) in [5.74, 6) is 0.0836. The van der Waals surface area contributed by atoms with Gasteiger partial charge in [-0.1, -0.05) is 52.0 Å². The van der Waals surface area contributed by atoms with E-state index in [9.17, 15) is 4.79 Å². The van der Waals surface area contributed by atoms with Crippen molar-refractivity contribution in [1.29, 1.82) is 0 Å². The molecule has 0 saturated heterocycles. The first-order chi connectivity index (χ1) is 8.77. The molecule has 0 fully saturated rings. The molecule has 2 rings (SSSR count). The molecule has 18 heavy (non-hydrogen) atoms. The van der Waals surface area contributed by atoms with Crippen molar-refractivity contribution in [1.82, 2.24) is 0 Å². The summed E-state index contributed by atoms with van der Waals surface area (Å²) in [6.07, 6.45) is 3.48. The number of carbonyl (C=O) groups excluding carboxylic acids is 1. The second kappa shape index (κ2) is 9.60. The number of fused-ring (bicyclic) bond motifs is 1. The van der Waals surface area contributed by atoms with Crippen LogP contribution in [0.1, 0.15) is 40.2 Å². The molecule has 0 saturated carbocycles. The van der Waals surface area contributed by atoms with Crippen LogP contribution in [-0.2, 0) is 4.79 Å². The molecule has 1 aromatic carbocycles. The highest BCUT2D eigenvalue weighted by Crippen LogP contribution is 2.26. The van der Waals surface area contributed by atoms with E-state index >= 15 is 0 Å². The van der Waals surface area contributed by atoms with Gasteiger partial charge in [-0.15, -0.1) is 11.3 Å². The van der Waals surface area contributed by atoms with Gasteiger partial charge in [0.05, 0.1) is 0 Å². The van der Waals surface area contributed by atoms with Gasteiger partial charge in [-0.05, 0) is 35.4 Å². The molecule has 0 radical (unpaired) electrons. The van der Waals surface area contributed by atoms with Crippen molar-refractivity contribution < 1.29 is 4.79 Å². The maximum atomic E-state index is 10.8. The number of ketones is 1. The number of carbonyl (C=O) groups is 1. The Morgan fingerprint density at radius 3 is 2.33 bits per heavy atom. The predicted molar refractivity (Wildman–Crippen MR) is 84.2 cm³/mol. The number of hydrogen-bond donors (Lipinski definition) is 0. The quantitative estimate of drug-likeness (QED) is 0.648. The molecule has 0 aliphatic rings. The topological polar surface area (TPSA) is 17.1 Å². The molecule has 0 spiro atoms.